The molecule has 1 heterocycles. The van der Waals surface area contributed by atoms with Crippen LogP contribution in [0.2, 0.25) is 0 Å². The van der Waals surface area contributed by atoms with Gasteiger partial charge in [-0.05, 0) is 64.8 Å². The minimum absolute atomic E-state index is 0.106. The number of amides is 2. The number of likely N-dealkylation sites (tertiary alicyclic amines) is 1. The Hall–Kier alpha value is -1.55. The lowest BCUT2D eigenvalue weighted by Gasteiger charge is -2.34. The predicted molar refractivity (Wildman–Crippen MR) is 87.6 cm³/mol. The lowest BCUT2D eigenvalue weighted by atomic mass is 9.96. The first-order chi connectivity index (χ1) is 10.0. The van der Waals surface area contributed by atoms with Crippen LogP contribution in [0.1, 0.15) is 32.3 Å². The molecule has 1 aromatic carbocycles. The molecule has 116 valence electrons. The van der Waals surface area contributed by atoms with E-state index in [9.17, 15) is 4.79 Å². The Morgan fingerprint density at radius 2 is 1.86 bits per heavy atom. The summed E-state index contributed by atoms with van der Waals surface area (Å²) in [5.41, 5.74) is 2.03. The highest BCUT2D eigenvalue weighted by molar-refractivity contribution is 5.89. The first kappa shape index (κ1) is 15.8. The van der Waals surface area contributed by atoms with E-state index in [-0.39, 0.29) is 6.03 Å². The molecule has 1 aliphatic rings. The Balaban J connectivity index is 1.69. The quantitative estimate of drug-likeness (QED) is 0.893. The number of urea groups is 1. The van der Waals surface area contributed by atoms with Gasteiger partial charge in [0.1, 0.15) is 0 Å². The van der Waals surface area contributed by atoms with Crippen molar-refractivity contribution < 1.29 is 4.79 Å². The van der Waals surface area contributed by atoms with Gasteiger partial charge in [-0.25, -0.2) is 4.79 Å². The number of carbonyl (C=O) groups is 1. The third-order valence-corrected chi connectivity index (χ3v) is 4.24. The van der Waals surface area contributed by atoms with Gasteiger partial charge in [0, 0.05) is 18.3 Å². The fourth-order valence-electron chi connectivity index (χ4n) is 2.72. The predicted octanol–water partition coefficient (Wildman–Crippen LogP) is 3.24. The van der Waals surface area contributed by atoms with Crippen LogP contribution in [0.15, 0.2) is 24.3 Å². The Morgan fingerprint density at radius 3 is 2.43 bits per heavy atom. The molecule has 0 saturated carbocycles. The van der Waals surface area contributed by atoms with Gasteiger partial charge < -0.3 is 15.5 Å². The Labute approximate surface area is 127 Å². The second kappa shape index (κ2) is 7.46. The number of nitrogens with one attached hydrogen (secondary N) is 2. The van der Waals surface area contributed by atoms with E-state index in [0.29, 0.717) is 12.0 Å². The summed E-state index contributed by atoms with van der Waals surface area (Å²) in [5.74, 6) is 0.601. The molecule has 2 amide bonds. The molecule has 1 saturated heterocycles. The molecule has 1 aliphatic heterocycles. The molecule has 0 atom stereocenters. The molecule has 21 heavy (non-hydrogen) atoms. The SMILES string of the molecule is Cc1ccc(NC(=O)NCC2CCN(C(C)C)CC2)cc1. The van der Waals surface area contributed by atoms with Gasteiger partial charge in [-0.3, -0.25) is 0 Å². The van der Waals surface area contributed by atoms with Crippen molar-refractivity contribution in [1.29, 1.82) is 0 Å². The van der Waals surface area contributed by atoms with Crippen molar-refractivity contribution in [2.75, 3.05) is 25.0 Å². The number of hydrogen-bond donors (Lipinski definition) is 2. The topological polar surface area (TPSA) is 44.4 Å². The standard InChI is InChI=1S/C17H27N3O/c1-13(2)20-10-8-15(9-11-20)12-18-17(21)19-16-6-4-14(3)5-7-16/h4-7,13,15H,8-12H2,1-3H3,(H2,18,19,21). The van der Waals surface area contributed by atoms with Gasteiger partial charge in [-0.1, -0.05) is 17.7 Å². The number of benzene rings is 1. The first-order valence-electron chi connectivity index (χ1n) is 7.90. The fourth-order valence-corrected chi connectivity index (χ4v) is 2.72. The van der Waals surface area contributed by atoms with Gasteiger partial charge in [0.15, 0.2) is 0 Å². The van der Waals surface area contributed by atoms with E-state index in [2.05, 4.69) is 29.4 Å². The van der Waals surface area contributed by atoms with E-state index < -0.39 is 0 Å². The van der Waals surface area contributed by atoms with Crippen LogP contribution in [0, 0.1) is 12.8 Å². The average Bonchev–Trinajstić information content (AvgIpc) is 2.48. The average molecular weight is 289 g/mol. The number of piperidine rings is 1. The molecule has 2 rings (SSSR count). The summed E-state index contributed by atoms with van der Waals surface area (Å²) >= 11 is 0. The molecule has 0 radical (unpaired) electrons. The van der Waals surface area contributed by atoms with Crippen LogP contribution in [0.4, 0.5) is 10.5 Å². The minimum atomic E-state index is -0.106. The summed E-state index contributed by atoms with van der Waals surface area (Å²) in [6.07, 6.45) is 2.34. The lowest BCUT2D eigenvalue weighted by Crippen LogP contribution is -2.42. The number of carbonyl (C=O) groups excluding carboxylic acids is 1. The molecule has 4 nitrogen and oxygen atoms in total. The Kier molecular flexibility index (Phi) is 5.62. The van der Waals surface area contributed by atoms with Gasteiger partial charge in [0.05, 0.1) is 0 Å². The molecule has 0 bridgehead atoms. The summed E-state index contributed by atoms with van der Waals surface area (Å²) in [5, 5.41) is 5.87. The van der Waals surface area contributed by atoms with Crippen LogP contribution in [-0.2, 0) is 0 Å². The van der Waals surface area contributed by atoms with E-state index in [1.54, 1.807) is 0 Å². The summed E-state index contributed by atoms with van der Waals surface area (Å²) in [7, 11) is 0. The van der Waals surface area contributed by atoms with Crippen molar-refractivity contribution in [2.24, 2.45) is 5.92 Å². The number of anilines is 1. The zero-order chi connectivity index (χ0) is 15.2. The number of rotatable bonds is 4. The summed E-state index contributed by atoms with van der Waals surface area (Å²) in [6.45, 7) is 9.57. The highest BCUT2D eigenvalue weighted by Crippen LogP contribution is 2.18. The van der Waals surface area contributed by atoms with Crippen molar-refractivity contribution in [2.45, 2.75) is 39.7 Å². The number of aryl methyl sites for hydroxylation is 1. The molecule has 0 aromatic heterocycles. The molecule has 0 spiro atoms. The van der Waals surface area contributed by atoms with E-state index in [0.717, 1.165) is 25.3 Å². The van der Waals surface area contributed by atoms with Gasteiger partial charge in [-0.15, -0.1) is 0 Å². The fraction of sp³-hybridized carbons (Fsp3) is 0.588. The van der Waals surface area contributed by atoms with Crippen LogP contribution < -0.4 is 10.6 Å². The molecule has 1 fully saturated rings. The second-order valence-electron chi connectivity index (χ2n) is 6.27. The Morgan fingerprint density at radius 1 is 1.24 bits per heavy atom. The minimum Gasteiger partial charge on any atom is -0.338 e. The molecule has 0 aliphatic carbocycles. The van der Waals surface area contributed by atoms with Gasteiger partial charge >= 0.3 is 6.03 Å². The molecule has 2 N–H and O–H groups in total. The van der Waals surface area contributed by atoms with Crippen LogP contribution in [0.3, 0.4) is 0 Å². The molecule has 1 aromatic rings. The molecule has 4 heteroatoms. The van der Waals surface area contributed by atoms with Crippen molar-refractivity contribution in [3.63, 3.8) is 0 Å². The van der Waals surface area contributed by atoms with Crippen LogP contribution in [0.5, 0.6) is 0 Å². The first-order valence-corrected chi connectivity index (χ1v) is 7.90. The highest BCUT2D eigenvalue weighted by Gasteiger charge is 2.20. The van der Waals surface area contributed by atoms with Crippen LogP contribution in [0.25, 0.3) is 0 Å². The van der Waals surface area contributed by atoms with Crippen molar-refractivity contribution in [3.8, 4) is 0 Å². The Bertz CT molecular complexity index is 448. The van der Waals surface area contributed by atoms with E-state index in [1.165, 1.54) is 18.4 Å². The zero-order valence-electron chi connectivity index (χ0n) is 13.4. The summed E-state index contributed by atoms with van der Waals surface area (Å²) in [4.78, 5) is 14.4. The smallest absolute Gasteiger partial charge is 0.319 e. The highest BCUT2D eigenvalue weighted by atomic mass is 16.2. The van der Waals surface area contributed by atoms with Gasteiger partial charge in [0.2, 0.25) is 0 Å². The largest absolute Gasteiger partial charge is 0.338 e. The lowest BCUT2D eigenvalue weighted by molar-refractivity contribution is 0.149. The maximum absolute atomic E-state index is 11.9. The van der Waals surface area contributed by atoms with Crippen LogP contribution >= 0.6 is 0 Å². The van der Waals surface area contributed by atoms with Crippen molar-refractivity contribution in [1.82, 2.24) is 10.2 Å². The van der Waals surface area contributed by atoms with Gasteiger partial charge in [-0.2, -0.15) is 0 Å². The van der Waals surface area contributed by atoms with Crippen LogP contribution in [-0.4, -0.2) is 36.6 Å². The number of nitrogens with zero attached hydrogens (tertiary/aromatic N) is 1. The maximum atomic E-state index is 11.9. The monoisotopic (exact) mass is 289 g/mol. The summed E-state index contributed by atoms with van der Waals surface area (Å²) < 4.78 is 0. The van der Waals surface area contributed by atoms with E-state index >= 15 is 0 Å². The second-order valence-corrected chi connectivity index (χ2v) is 6.27. The molecule has 0 unspecified atom stereocenters. The van der Waals surface area contributed by atoms with Gasteiger partial charge in [0.25, 0.3) is 0 Å². The third kappa shape index (κ3) is 5.05. The van der Waals surface area contributed by atoms with Crippen molar-refractivity contribution >= 4 is 11.7 Å². The van der Waals surface area contributed by atoms with E-state index in [1.807, 2.05) is 31.2 Å². The maximum Gasteiger partial charge on any atom is 0.319 e. The third-order valence-electron chi connectivity index (χ3n) is 4.24. The molecular formula is C17H27N3O. The molecular weight excluding hydrogens is 262 g/mol. The number of hydrogen-bond acceptors (Lipinski definition) is 2. The normalized spacial score (nSPS) is 17.0. The summed E-state index contributed by atoms with van der Waals surface area (Å²) in [6, 6.07) is 8.37. The zero-order valence-corrected chi connectivity index (χ0v) is 13.4. The van der Waals surface area contributed by atoms with E-state index in [4.69, 9.17) is 0 Å². The van der Waals surface area contributed by atoms with Crippen molar-refractivity contribution in [3.05, 3.63) is 29.8 Å².